The zero-order valence-electron chi connectivity index (χ0n) is 13.3. The summed E-state index contributed by atoms with van der Waals surface area (Å²) >= 11 is 0. The quantitative estimate of drug-likeness (QED) is 0.849. The molecule has 0 amide bonds. The molecule has 0 fully saturated rings. The lowest BCUT2D eigenvalue weighted by Crippen LogP contribution is -2.22. The van der Waals surface area contributed by atoms with Crippen molar-refractivity contribution in [2.45, 2.75) is 46.3 Å². The number of anilines is 1. The number of nitrogens with two attached hydrogens (primary N) is 1. The van der Waals surface area contributed by atoms with Gasteiger partial charge >= 0.3 is 0 Å². The highest BCUT2D eigenvalue weighted by Crippen LogP contribution is 2.18. The number of hydrogen-bond donors (Lipinski definition) is 1. The first-order chi connectivity index (χ1) is 10.2. The van der Waals surface area contributed by atoms with Gasteiger partial charge in [0.05, 0.1) is 12.2 Å². The van der Waals surface area contributed by atoms with Gasteiger partial charge in [0.1, 0.15) is 0 Å². The van der Waals surface area contributed by atoms with E-state index in [1.807, 2.05) is 0 Å². The summed E-state index contributed by atoms with van der Waals surface area (Å²) in [4.78, 5) is 2.32. The molecule has 2 rings (SSSR count). The molecule has 0 radical (unpaired) electrons. The minimum atomic E-state index is 0.456. The molecule has 2 aromatic rings. The van der Waals surface area contributed by atoms with Crippen LogP contribution in [0.25, 0.3) is 0 Å². The van der Waals surface area contributed by atoms with Crippen LogP contribution in [0.4, 0.5) is 5.69 Å². The Balaban J connectivity index is 2.09. The van der Waals surface area contributed by atoms with Gasteiger partial charge in [0.25, 0.3) is 0 Å². The fraction of sp³-hybridized carbons (Fsp3) is 0.471. The average molecular weight is 286 g/mol. The Hall–Kier alpha value is -1.81. The first kappa shape index (κ1) is 15.6. The number of hydrogen-bond acceptors (Lipinski definition) is 3. The summed E-state index contributed by atoms with van der Waals surface area (Å²) in [7, 11) is 0. The van der Waals surface area contributed by atoms with Crippen molar-refractivity contribution in [2.75, 3.05) is 11.4 Å². The molecule has 0 saturated heterocycles. The van der Waals surface area contributed by atoms with E-state index >= 15 is 0 Å². The summed E-state index contributed by atoms with van der Waals surface area (Å²) < 4.78 is 2.06. The molecule has 2 N–H and O–H groups in total. The molecular formula is C17H26N4. The molecule has 0 bridgehead atoms. The van der Waals surface area contributed by atoms with Crippen molar-refractivity contribution in [1.82, 2.24) is 9.78 Å². The Labute approximate surface area is 127 Å². The van der Waals surface area contributed by atoms with Crippen molar-refractivity contribution in [3.8, 4) is 0 Å². The van der Waals surface area contributed by atoms with Crippen molar-refractivity contribution in [2.24, 2.45) is 5.73 Å². The molecule has 1 atom stereocenters. The topological polar surface area (TPSA) is 47.1 Å². The smallest absolute Gasteiger partial charge is 0.0817 e. The van der Waals surface area contributed by atoms with Crippen LogP contribution in [0.2, 0.25) is 0 Å². The van der Waals surface area contributed by atoms with Gasteiger partial charge in [-0.2, -0.15) is 5.10 Å². The monoisotopic (exact) mass is 286 g/mol. The molecule has 21 heavy (non-hydrogen) atoms. The molecule has 0 saturated carbocycles. The number of rotatable bonds is 7. The minimum absolute atomic E-state index is 0.456. The maximum Gasteiger partial charge on any atom is 0.0817 e. The van der Waals surface area contributed by atoms with E-state index in [1.54, 1.807) is 0 Å². The van der Waals surface area contributed by atoms with E-state index in [4.69, 9.17) is 5.73 Å². The van der Waals surface area contributed by atoms with Gasteiger partial charge in [-0.05, 0) is 44.0 Å². The third-order valence-corrected chi connectivity index (χ3v) is 3.98. The summed E-state index contributed by atoms with van der Waals surface area (Å²) in [5.41, 5.74) is 9.14. The Bertz CT molecular complexity index is 544. The van der Waals surface area contributed by atoms with Crippen LogP contribution >= 0.6 is 0 Å². The highest BCUT2D eigenvalue weighted by molar-refractivity contribution is 5.47. The Morgan fingerprint density at radius 3 is 2.48 bits per heavy atom. The predicted octanol–water partition coefficient (Wildman–Crippen LogP) is 3.34. The van der Waals surface area contributed by atoms with Crippen molar-refractivity contribution in [3.05, 3.63) is 47.8 Å². The van der Waals surface area contributed by atoms with E-state index in [0.29, 0.717) is 12.6 Å². The second kappa shape index (κ2) is 7.27. The zero-order valence-corrected chi connectivity index (χ0v) is 13.3. The molecule has 114 valence electrons. The van der Waals surface area contributed by atoms with E-state index in [1.165, 1.54) is 5.69 Å². The van der Waals surface area contributed by atoms with Gasteiger partial charge in [0, 0.05) is 31.0 Å². The summed E-state index contributed by atoms with van der Waals surface area (Å²) in [6.07, 6.45) is 3.17. The van der Waals surface area contributed by atoms with Gasteiger partial charge in [-0.25, -0.2) is 0 Å². The van der Waals surface area contributed by atoms with Gasteiger partial charge in [0.15, 0.2) is 0 Å². The van der Waals surface area contributed by atoms with Gasteiger partial charge in [-0.3, -0.25) is 4.68 Å². The van der Waals surface area contributed by atoms with E-state index in [0.717, 1.165) is 30.8 Å². The Kier molecular flexibility index (Phi) is 5.39. The highest BCUT2D eigenvalue weighted by Gasteiger charge is 2.09. The lowest BCUT2D eigenvalue weighted by Gasteiger charge is -2.22. The normalized spacial score (nSPS) is 12.4. The van der Waals surface area contributed by atoms with Crippen LogP contribution in [0.3, 0.4) is 0 Å². The molecule has 4 nitrogen and oxygen atoms in total. The van der Waals surface area contributed by atoms with E-state index < -0.39 is 0 Å². The molecule has 1 aromatic carbocycles. The second-order valence-corrected chi connectivity index (χ2v) is 5.43. The largest absolute Gasteiger partial charge is 0.366 e. The van der Waals surface area contributed by atoms with Crippen molar-refractivity contribution < 1.29 is 0 Å². The van der Waals surface area contributed by atoms with Crippen LogP contribution in [0, 0.1) is 0 Å². The third-order valence-electron chi connectivity index (χ3n) is 3.98. The van der Waals surface area contributed by atoms with Crippen LogP contribution in [-0.4, -0.2) is 16.3 Å². The SMILES string of the molecule is CCC(C)n1ccc(CN(CC)c2ccc(CN)cc2)n1. The fourth-order valence-electron chi connectivity index (χ4n) is 2.32. The lowest BCUT2D eigenvalue weighted by molar-refractivity contribution is 0.473. The minimum Gasteiger partial charge on any atom is -0.366 e. The van der Waals surface area contributed by atoms with Gasteiger partial charge in [-0.1, -0.05) is 19.1 Å². The van der Waals surface area contributed by atoms with Crippen LogP contribution in [0.1, 0.15) is 44.5 Å². The van der Waals surface area contributed by atoms with Gasteiger partial charge in [-0.15, -0.1) is 0 Å². The number of benzene rings is 1. The van der Waals surface area contributed by atoms with Crippen LogP contribution in [0.15, 0.2) is 36.5 Å². The number of aromatic nitrogens is 2. The standard InChI is InChI=1S/C17H26N4/c1-4-14(3)21-11-10-16(19-21)13-20(5-2)17-8-6-15(12-18)7-9-17/h6-11,14H,4-5,12-13,18H2,1-3H3. The predicted molar refractivity (Wildman–Crippen MR) is 88.3 cm³/mol. The van der Waals surface area contributed by atoms with Crippen LogP contribution in [0.5, 0.6) is 0 Å². The molecule has 1 heterocycles. The van der Waals surface area contributed by atoms with Crippen molar-refractivity contribution >= 4 is 5.69 Å². The Morgan fingerprint density at radius 1 is 1.19 bits per heavy atom. The maximum absolute atomic E-state index is 5.65. The van der Waals surface area contributed by atoms with E-state index in [-0.39, 0.29) is 0 Å². The third kappa shape index (κ3) is 3.85. The molecule has 0 aliphatic carbocycles. The summed E-state index contributed by atoms with van der Waals surface area (Å²) in [5.74, 6) is 0. The molecule has 0 aliphatic rings. The maximum atomic E-state index is 5.65. The molecular weight excluding hydrogens is 260 g/mol. The van der Waals surface area contributed by atoms with Gasteiger partial charge in [0.2, 0.25) is 0 Å². The lowest BCUT2D eigenvalue weighted by atomic mass is 10.2. The number of nitrogens with zero attached hydrogens (tertiary/aromatic N) is 3. The first-order valence-electron chi connectivity index (χ1n) is 7.75. The summed E-state index contributed by atoms with van der Waals surface area (Å²) in [5, 5.41) is 4.68. The average Bonchev–Trinajstić information content (AvgIpc) is 3.00. The van der Waals surface area contributed by atoms with Crippen LogP contribution in [-0.2, 0) is 13.1 Å². The second-order valence-electron chi connectivity index (χ2n) is 5.43. The molecule has 0 spiro atoms. The van der Waals surface area contributed by atoms with Crippen molar-refractivity contribution in [1.29, 1.82) is 0 Å². The highest BCUT2D eigenvalue weighted by atomic mass is 15.3. The van der Waals surface area contributed by atoms with Crippen LogP contribution < -0.4 is 10.6 Å². The summed E-state index contributed by atoms with van der Waals surface area (Å²) in [6.45, 7) is 8.93. The summed E-state index contributed by atoms with van der Waals surface area (Å²) in [6, 6.07) is 11.0. The zero-order chi connectivity index (χ0) is 15.2. The fourth-order valence-corrected chi connectivity index (χ4v) is 2.32. The first-order valence-corrected chi connectivity index (χ1v) is 7.75. The van der Waals surface area contributed by atoms with Gasteiger partial charge < -0.3 is 10.6 Å². The molecule has 1 unspecified atom stereocenters. The molecule has 1 aromatic heterocycles. The van der Waals surface area contributed by atoms with E-state index in [9.17, 15) is 0 Å². The molecule has 0 aliphatic heterocycles. The van der Waals surface area contributed by atoms with E-state index in [2.05, 4.69) is 72.0 Å². The van der Waals surface area contributed by atoms with Crippen molar-refractivity contribution in [3.63, 3.8) is 0 Å². The molecule has 4 heteroatoms. The Morgan fingerprint density at radius 2 is 1.90 bits per heavy atom.